The summed E-state index contributed by atoms with van der Waals surface area (Å²) in [4.78, 5) is 9.97. The zero-order chi connectivity index (χ0) is 9.19. The number of hydrogen-bond acceptors (Lipinski definition) is 2. The molecule has 70 valence electrons. The highest BCUT2D eigenvalue weighted by Crippen LogP contribution is 2.44. The summed E-state index contributed by atoms with van der Waals surface area (Å²) in [5.74, 6) is 0.572. The van der Waals surface area contributed by atoms with Crippen LogP contribution in [0.15, 0.2) is 0 Å². The molecule has 1 saturated carbocycles. The van der Waals surface area contributed by atoms with Crippen molar-refractivity contribution in [2.45, 2.75) is 39.5 Å². The van der Waals surface area contributed by atoms with Crippen LogP contribution in [0.4, 0.5) is 0 Å². The molecule has 0 radical (unpaired) electrons. The average Bonchev–Trinajstić information content (AvgIpc) is 2.25. The first-order valence-corrected chi connectivity index (χ1v) is 4.64. The number of hydrogen-bond donors (Lipinski definition) is 0. The molecule has 1 rings (SSSR count). The van der Waals surface area contributed by atoms with E-state index in [-0.39, 0.29) is 11.5 Å². The topological polar surface area (TPSA) is 43.1 Å². The normalized spacial score (nSPS) is 27.3. The minimum absolute atomic E-state index is 0.147. The first kappa shape index (κ1) is 9.49. The van der Waals surface area contributed by atoms with Gasteiger partial charge in [-0.25, -0.2) is 0 Å². The lowest BCUT2D eigenvalue weighted by atomic mass is 9.80. The van der Waals surface area contributed by atoms with E-state index in [1.165, 1.54) is 19.3 Å². The molecule has 1 aliphatic rings. The summed E-state index contributed by atoms with van der Waals surface area (Å²) in [5, 5.41) is 10.2. The second kappa shape index (κ2) is 3.42. The second-order valence-corrected chi connectivity index (χ2v) is 4.42. The highest BCUT2D eigenvalue weighted by Gasteiger charge is 2.34. The Hall–Kier alpha value is -0.600. The van der Waals surface area contributed by atoms with Crippen molar-refractivity contribution in [1.82, 2.24) is 0 Å². The van der Waals surface area contributed by atoms with Crippen LogP contribution in [0, 0.1) is 21.4 Å². The summed E-state index contributed by atoms with van der Waals surface area (Å²) in [6.45, 7) is 4.60. The lowest BCUT2D eigenvalue weighted by molar-refractivity contribution is -0.482. The lowest BCUT2D eigenvalue weighted by Crippen LogP contribution is -2.20. The smallest absolute Gasteiger partial charge is 0.204 e. The molecule has 0 bridgehead atoms. The summed E-state index contributed by atoms with van der Waals surface area (Å²) >= 11 is 0. The monoisotopic (exact) mass is 171 g/mol. The molecule has 0 aromatic heterocycles. The summed E-state index contributed by atoms with van der Waals surface area (Å²) in [6.07, 6.45) is 4.42. The molecule has 0 spiro atoms. The van der Waals surface area contributed by atoms with E-state index in [9.17, 15) is 10.1 Å². The molecule has 0 aliphatic heterocycles. The van der Waals surface area contributed by atoms with E-state index in [1.807, 2.05) is 0 Å². The van der Waals surface area contributed by atoms with E-state index >= 15 is 0 Å². The van der Waals surface area contributed by atoms with Gasteiger partial charge in [-0.05, 0) is 24.2 Å². The number of nitro groups is 1. The predicted octanol–water partition coefficient (Wildman–Crippen LogP) is 2.48. The minimum atomic E-state index is -0.200. The highest BCUT2D eigenvalue weighted by molar-refractivity contribution is 4.84. The van der Waals surface area contributed by atoms with Crippen LogP contribution in [-0.2, 0) is 0 Å². The van der Waals surface area contributed by atoms with Crippen molar-refractivity contribution in [1.29, 1.82) is 0 Å². The molecule has 0 aromatic rings. The Morgan fingerprint density at radius 2 is 2.25 bits per heavy atom. The van der Waals surface area contributed by atoms with Crippen molar-refractivity contribution < 1.29 is 4.92 Å². The molecule has 1 aliphatic carbocycles. The van der Waals surface area contributed by atoms with Crippen molar-refractivity contribution in [2.75, 3.05) is 6.54 Å². The molecule has 3 nitrogen and oxygen atoms in total. The van der Waals surface area contributed by atoms with Crippen LogP contribution >= 0.6 is 0 Å². The summed E-state index contributed by atoms with van der Waals surface area (Å²) < 4.78 is 0. The molecule has 3 heteroatoms. The average molecular weight is 171 g/mol. The standard InChI is InChI=1S/C9H17NO2/c1-9(2)6-3-4-8(9)5-7-10(11)12/h8H,3-7H2,1-2H3/t8-/m1/s1. The molecule has 0 saturated heterocycles. The van der Waals surface area contributed by atoms with Crippen LogP contribution in [0.25, 0.3) is 0 Å². The Kier molecular flexibility index (Phi) is 2.70. The fraction of sp³-hybridized carbons (Fsp3) is 1.00. The van der Waals surface area contributed by atoms with Crippen molar-refractivity contribution in [3.63, 3.8) is 0 Å². The molecule has 0 amide bonds. The number of rotatable bonds is 3. The first-order valence-electron chi connectivity index (χ1n) is 4.64. The Labute approximate surface area is 73.3 Å². The van der Waals surface area contributed by atoms with E-state index in [0.717, 1.165) is 6.42 Å². The van der Waals surface area contributed by atoms with Gasteiger partial charge >= 0.3 is 0 Å². The summed E-state index contributed by atoms with van der Waals surface area (Å²) in [7, 11) is 0. The molecule has 0 aromatic carbocycles. The van der Waals surface area contributed by atoms with Crippen molar-refractivity contribution in [2.24, 2.45) is 11.3 Å². The fourth-order valence-electron chi connectivity index (χ4n) is 2.20. The number of nitrogens with zero attached hydrogens (tertiary/aromatic N) is 1. The van der Waals surface area contributed by atoms with E-state index in [4.69, 9.17) is 0 Å². The van der Waals surface area contributed by atoms with Crippen molar-refractivity contribution in [3.05, 3.63) is 10.1 Å². The van der Waals surface area contributed by atoms with Crippen LogP contribution in [0.2, 0.25) is 0 Å². The van der Waals surface area contributed by atoms with Crippen LogP contribution in [0.3, 0.4) is 0 Å². The maximum absolute atomic E-state index is 10.2. The van der Waals surface area contributed by atoms with Crippen LogP contribution < -0.4 is 0 Å². The van der Waals surface area contributed by atoms with Crippen LogP contribution in [0.1, 0.15) is 39.5 Å². The van der Waals surface area contributed by atoms with Gasteiger partial charge in [-0.2, -0.15) is 0 Å². The maximum Gasteiger partial charge on any atom is 0.204 e. The highest BCUT2D eigenvalue weighted by atomic mass is 16.6. The van der Waals surface area contributed by atoms with Crippen molar-refractivity contribution in [3.8, 4) is 0 Å². The minimum Gasteiger partial charge on any atom is -0.265 e. The van der Waals surface area contributed by atoms with Gasteiger partial charge in [0.15, 0.2) is 0 Å². The molecule has 0 N–H and O–H groups in total. The van der Waals surface area contributed by atoms with Crippen LogP contribution in [-0.4, -0.2) is 11.5 Å². The molecule has 1 fully saturated rings. The molecular weight excluding hydrogens is 154 g/mol. The Morgan fingerprint density at radius 1 is 1.58 bits per heavy atom. The Bertz CT molecular complexity index is 177. The maximum atomic E-state index is 10.2. The van der Waals surface area contributed by atoms with Gasteiger partial charge in [0.2, 0.25) is 6.54 Å². The van der Waals surface area contributed by atoms with E-state index in [0.29, 0.717) is 11.3 Å². The predicted molar refractivity (Wildman–Crippen MR) is 47.6 cm³/mol. The third-order valence-corrected chi connectivity index (χ3v) is 3.14. The Balaban J connectivity index is 2.36. The van der Waals surface area contributed by atoms with Gasteiger partial charge in [0.25, 0.3) is 0 Å². The quantitative estimate of drug-likeness (QED) is 0.483. The summed E-state index contributed by atoms with van der Waals surface area (Å²) in [5.41, 5.74) is 0.343. The zero-order valence-corrected chi connectivity index (χ0v) is 7.88. The van der Waals surface area contributed by atoms with E-state index in [2.05, 4.69) is 13.8 Å². The van der Waals surface area contributed by atoms with Gasteiger partial charge in [0, 0.05) is 11.3 Å². The molecule has 1 atom stereocenters. The molecule has 0 heterocycles. The van der Waals surface area contributed by atoms with Gasteiger partial charge in [0.05, 0.1) is 0 Å². The van der Waals surface area contributed by atoms with Crippen molar-refractivity contribution >= 4 is 0 Å². The lowest BCUT2D eigenvalue weighted by Gasteiger charge is -2.25. The third-order valence-electron chi connectivity index (χ3n) is 3.14. The largest absolute Gasteiger partial charge is 0.265 e. The SMILES string of the molecule is CC1(C)CCC[C@@H]1CC[N+](=O)[O-]. The van der Waals surface area contributed by atoms with Gasteiger partial charge < -0.3 is 0 Å². The van der Waals surface area contributed by atoms with Gasteiger partial charge in [-0.15, -0.1) is 0 Å². The second-order valence-electron chi connectivity index (χ2n) is 4.42. The third kappa shape index (κ3) is 2.19. The van der Waals surface area contributed by atoms with E-state index in [1.54, 1.807) is 0 Å². The van der Waals surface area contributed by atoms with E-state index < -0.39 is 0 Å². The van der Waals surface area contributed by atoms with Crippen LogP contribution in [0.5, 0.6) is 0 Å². The molecule has 12 heavy (non-hydrogen) atoms. The first-order chi connectivity index (χ1) is 5.52. The molecule has 0 unspecified atom stereocenters. The Morgan fingerprint density at radius 3 is 2.67 bits per heavy atom. The fourth-order valence-corrected chi connectivity index (χ4v) is 2.20. The van der Waals surface area contributed by atoms with Gasteiger partial charge in [-0.3, -0.25) is 10.1 Å². The van der Waals surface area contributed by atoms with Gasteiger partial charge in [-0.1, -0.05) is 20.3 Å². The summed E-state index contributed by atoms with van der Waals surface area (Å²) in [6, 6.07) is 0. The zero-order valence-electron chi connectivity index (χ0n) is 7.88. The van der Waals surface area contributed by atoms with Gasteiger partial charge in [0.1, 0.15) is 0 Å². The molecular formula is C9H17NO2.